The number of nitrogens with zero attached hydrogens (tertiary/aromatic N) is 5. The van der Waals surface area contributed by atoms with E-state index in [-0.39, 0.29) is 28.7 Å². The second-order valence-corrected chi connectivity index (χ2v) is 9.19. The lowest BCUT2D eigenvalue weighted by atomic mass is 10.0. The van der Waals surface area contributed by atoms with Crippen LogP contribution in [0.4, 0.5) is 23.8 Å². The number of amides is 1. The first-order valence-electron chi connectivity index (χ1n) is 11.8. The predicted molar refractivity (Wildman–Crippen MR) is 132 cm³/mol. The molecule has 3 aromatic rings. The molecule has 2 heterocycles. The van der Waals surface area contributed by atoms with Crippen molar-refractivity contribution in [3.05, 3.63) is 58.7 Å². The molecule has 1 amide bonds. The second kappa shape index (κ2) is 10.6. The maximum atomic E-state index is 14.8. The van der Waals surface area contributed by atoms with Crippen LogP contribution in [0.2, 0.25) is 0 Å². The average Bonchev–Trinajstić information content (AvgIpc) is 2.83. The zero-order valence-corrected chi connectivity index (χ0v) is 20.9. The molecule has 0 spiro atoms. The quantitative estimate of drug-likeness (QED) is 0.503. The van der Waals surface area contributed by atoms with Gasteiger partial charge in [0.1, 0.15) is 23.5 Å². The number of ether oxygens (including phenoxy) is 1. The molecule has 4 rings (SSSR count). The van der Waals surface area contributed by atoms with Crippen LogP contribution in [0.3, 0.4) is 0 Å². The van der Waals surface area contributed by atoms with E-state index in [0.29, 0.717) is 36.4 Å². The first-order valence-corrected chi connectivity index (χ1v) is 11.8. The second-order valence-electron chi connectivity index (χ2n) is 9.19. The number of rotatable bonds is 5. The standard InChI is InChI=1S/C26H27F3N6O2/c1-14-13-34(4)8-9-35(14)26(36)37-22-11-20-21(10-17(22)12-30)32-16(3)33-25(20)31-15(2)18-6-5-7-19(23(18)27)24(28)29/h5-7,10-11,14-15,24H,8-9,13H2,1-4H3,(H,31,32,33)/t14?,15-/m1/s1. The van der Waals surface area contributed by atoms with Crippen molar-refractivity contribution in [2.75, 3.05) is 32.0 Å². The van der Waals surface area contributed by atoms with Gasteiger partial charge >= 0.3 is 6.09 Å². The molecule has 0 radical (unpaired) electrons. The number of carbonyl (C=O) groups excluding carboxylic acids is 1. The van der Waals surface area contributed by atoms with E-state index in [2.05, 4.69) is 20.2 Å². The van der Waals surface area contributed by atoms with Crippen molar-refractivity contribution in [1.29, 1.82) is 5.26 Å². The highest BCUT2D eigenvalue weighted by molar-refractivity contribution is 5.92. The van der Waals surface area contributed by atoms with Gasteiger partial charge in [-0.1, -0.05) is 18.2 Å². The first kappa shape index (κ1) is 26.2. The van der Waals surface area contributed by atoms with Gasteiger partial charge in [-0.2, -0.15) is 5.26 Å². The molecule has 0 saturated carbocycles. The Balaban J connectivity index is 1.69. The molecule has 1 saturated heterocycles. The van der Waals surface area contributed by atoms with Crippen molar-refractivity contribution in [2.45, 2.75) is 39.3 Å². The molecular formula is C26H27F3N6O2. The Kier molecular flexibility index (Phi) is 7.50. The molecule has 37 heavy (non-hydrogen) atoms. The number of benzene rings is 2. The van der Waals surface area contributed by atoms with E-state index >= 15 is 0 Å². The minimum absolute atomic E-state index is 0.0418. The third kappa shape index (κ3) is 5.44. The van der Waals surface area contributed by atoms with E-state index in [4.69, 9.17) is 4.74 Å². The predicted octanol–water partition coefficient (Wildman–Crippen LogP) is 5.19. The molecule has 194 valence electrons. The lowest BCUT2D eigenvalue weighted by molar-refractivity contribution is 0.0892. The zero-order chi connectivity index (χ0) is 26.9. The lowest BCUT2D eigenvalue weighted by Crippen LogP contribution is -2.53. The number of fused-ring (bicyclic) bond motifs is 1. The van der Waals surface area contributed by atoms with Gasteiger partial charge in [-0.25, -0.2) is 27.9 Å². The average molecular weight is 513 g/mol. The lowest BCUT2D eigenvalue weighted by Gasteiger charge is -2.37. The number of halogens is 3. The van der Waals surface area contributed by atoms with E-state index < -0.39 is 29.9 Å². The summed E-state index contributed by atoms with van der Waals surface area (Å²) in [4.78, 5) is 25.5. The Bertz CT molecular complexity index is 1380. The minimum Gasteiger partial charge on any atom is -0.409 e. The van der Waals surface area contributed by atoms with Crippen LogP contribution >= 0.6 is 0 Å². The molecule has 1 fully saturated rings. The van der Waals surface area contributed by atoms with Gasteiger partial charge in [0.15, 0.2) is 5.75 Å². The van der Waals surface area contributed by atoms with Gasteiger partial charge in [0.25, 0.3) is 6.43 Å². The summed E-state index contributed by atoms with van der Waals surface area (Å²) in [6.45, 7) is 7.08. The third-order valence-electron chi connectivity index (χ3n) is 6.40. The third-order valence-corrected chi connectivity index (χ3v) is 6.40. The summed E-state index contributed by atoms with van der Waals surface area (Å²) < 4.78 is 46.8. The SMILES string of the molecule is Cc1nc(N[C@H](C)c2cccc(C(F)F)c2F)c2cc(OC(=O)N3CCN(C)CC3C)c(C#N)cc2n1. The molecule has 1 aliphatic rings. The van der Waals surface area contributed by atoms with Crippen molar-refractivity contribution in [3.8, 4) is 11.8 Å². The number of alkyl halides is 2. The van der Waals surface area contributed by atoms with Crippen LogP contribution in [0.25, 0.3) is 10.9 Å². The van der Waals surface area contributed by atoms with Gasteiger partial charge in [0, 0.05) is 36.6 Å². The molecule has 1 unspecified atom stereocenters. The van der Waals surface area contributed by atoms with Crippen LogP contribution in [0, 0.1) is 24.1 Å². The fraction of sp³-hybridized carbons (Fsp3) is 0.385. The highest BCUT2D eigenvalue weighted by atomic mass is 19.3. The van der Waals surface area contributed by atoms with Crippen LogP contribution in [-0.2, 0) is 0 Å². The number of nitrogens with one attached hydrogen (secondary N) is 1. The molecule has 1 N–H and O–H groups in total. The van der Waals surface area contributed by atoms with Crippen molar-refractivity contribution >= 4 is 22.8 Å². The summed E-state index contributed by atoms with van der Waals surface area (Å²) in [5.74, 6) is -0.286. The Morgan fingerprint density at radius 2 is 1.97 bits per heavy atom. The normalized spacial score (nSPS) is 17.1. The largest absolute Gasteiger partial charge is 0.415 e. The summed E-state index contributed by atoms with van der Waals surface area (Å²) in [5, 5.41) is 13.2. The van der Waals surface area contributed by atoms with Gasteiger partial charge in [-0.05, 0) is 40.0 Å². The number of hydrogen-bond acceptors (Lipinski definition) is 7. The number of piperazine rings is 1. The van der Waals surface area contributed by atoms with E-state index in [1.165, 1.54) is 24.3 Å². The number of aromatic nitrogens is 2. The number of nitriles is 1. The van der Waals surface area contributed by atoms with Gasteiger partial charge in [-0.3, -0.25) is 0 Å². The Morgan fingerprint density at radius 3 is 2.65 bits per heavy atom. The minimum atomic E-state index is -2.95. The molecular weight excluding hydrogens is 485 g/mol. The van der Waals surface area contributed by atoms with Crippen LogP contribution in [-0.4, -0.2) is 58.6 Å². The van der Waals surface area contributed by atoms with Gasteiger partial charge in [-0.15, -0.1) is 0 Å². The van der Waals surface area contributed by atoms with Gasteiger partial charge in [0.2, 0.25) is 0 Å². The maximum absolute atomic E-state index is 14.8. The molecule has 0 bridgehead atoms. The van der Waals surface area contributed by atoms with E-state index in [9.17, 15) is 23.2 Å². The highest BCUT2D eigenvalue weighted by Crippen LogP contribution is 2.33. The summed E-state index contributed by atoms with van der Waals surface area (Å²) in [6.07, 6.45) is -3.52. The number of hydrogen-bond donors (Lipinski definition) is 1. The van der Waals surface area contributed by atoms with E-state index in [0.717, 1.165) is 6.07 Å². The van der Waals surface area contributed by atoms with Crippen LogP contribution in [0.15, 0.2) is 30.3 Å². The fourth-order valence-corrected chi connectivity index (χ4v) is 4.47. The van der Waals surface area contributed by atoms with Crippen LogP contribution < -0.4 is 10.1 Å². The van der Waals surface area contributed by atoms with Crippen molar-refractivity contribution in [3.63, 3.8) is 0 Å². The zero-order valence-electron chi connectivity index (χ0n) is 20.9. The van der Waals surface area contributed by atoms with E-state index in [1.54, 1.807) is 18.7 Å². The number of carbonyl (C=O) groups is 1. The van der Waals surface area contributed by atoms with Gasteiger partial charge in [0.05, 0.1) is 22.7 Å². The van der Waals surface area contributed by atoms with Crippen LogP contribution in [0.5, 0.6) is 5.75 Å². The van der Waals surface area contributed by atoms with Crippen molar-refractivity contribution < 1.29 is 22.7 Å². The smallest absolute Gasteiger partial charge is 0.409 e. The molecule has 2 aromatic carbocycles. The Morgan fingerprint density at radius 1 is 1.24 bits per heavy atom. The first-order chi connectivity index (χ1) is 17.6. The molecule has 1 aliphatic heterocycles. The topological polar surface area (TPSA) is 94.4 Å². The molecule has 11 heteroatoms. The summed E-state index contributed by atoms with van der Waals surface area (Å²) in [5.41, 5.74) is -0.101. The van der Waals surface area contributed by atoms with Crippen molar-refractivity contribution in [1.82, 2.24) is 19.8 Å². The number of anilines is 1. The Hall–Kier alpha value is -3.91. The molecule has 1 aromatic heterocycles. The Labute approximate surface area is 212 Å². The summed E-state index contributed by atoms with van der Waals surface area (Å²) >= 11 is 0. The van der Waals surface area contributed by atoms with E-state index in [1.807, 2.05) is 20.0 Å². The fourth-order valence-electron chi connectivity index (χ4n) is 4.47. The molecule has 8 nitrogen and oxygen atoms in total. The van der Waals surface area contributed by atoms with Gasteiger partial charge < -0.3 is 19.9 Å². The maximum Gasteiger partial charge on any atom is 0.415 e. The van der Waals surface area contributed by atoms with Crippen molar-refractivity contribution in [2.24, 2.45) is 0 Å². The van der Waals surface area contributed by atoms with Crippen LogP contribution in [0.1, 0.15) is 48.8 Å². The summed E-state index contributed by atoms with van der Waals surface area (Å²) in [6, 6.07) is 8.07. The molecule has 2 atom stereocenters. The highest BCUT2D eigenvalue weighted by Gasteiger charge is 2.28. The molecule has 0 aliphatic carbocycles. The number of aryl methyl sites for hydroxylation is 1. The monoisotopic (exact) mass is 512 g/mol. The number of likely N-dealkylation sites (N-methyl/N-ethyl adjacent to an activating group) is 1. The summed E-state index contributed by atoms with van der Waals surface area (Å²) in [7, 11) is 1.98.